The summed E-state index contributed by atoms with van der Waals surface area (Å²) < 4.78 is 40.9. The summed E-state index contributed by atoms with van der Waals surface area (Å²) in [7, 11) is 1.31. The van der Waals surface area contributed by atoms with E-state index in [1.807, 2.05) is 0 Å². The lowest BCUT2D eigenvalue weighted by Crippen LogP contribution is -2.16. The van der Waals surface area contributed by atoms with Crippen LogP contribution in [0.3, 0.4) is 0 Å². The molecule has 29 heavy (non-hydrogen) atoms. The minimum Gasteiger partial charge on any atom is -0.467 e. The lowest BCUT2D eigenvalue weighted by molar-refractivity contribution is -0.146. The van der Waals surface area contributed by atoms with Crippen molar-refractivity contribution in [3.8, 4) is 0 Å². The van der Waals surface area contributed by atoms with Gasteiger partial charge in [0.1, 0.15) is 13.2 Å². The van der Waals surface area contributed by atoms with Gasteiger partial charge in [-0.1, -0.05) is 6.58 Å². The second kappa shape index (κ2) is 21.2. The zero-order chi connectivity index (χ0) is 21.6. The molecule has 0 spiro atoms. The van der Waals surface area contributed by atoms with Crippen molar-refractivity contribution in [3.63, 3.8) is 0 Å². The number of rotatable bonds is 21. The highest BCUT2D eigenvalue weighted by Gasteiger charge is 2.02. The number of carbonyl (C=O) groups excluding carboxylic acids is 2. The van der Waals surface area contributed by atoms with Crippen molar-refractivity contribution < 1.29 is 47.5 Å². The summed E-state index contributed by atoms with van der Waals surface area (Å²) in [4.78, 5) is 21.9. The largest absolute Gasteiger partial charge is 0.467 e. The number of hydrogen-bond donors (Lipinski definition) is 0. The van der Waals surface area contributed by atoms with Gasteiger partial charge in [-0.15, -0.1) is 0 Å². The predicted molar refractivity (Wildman–Crippen MR) is 103 cm³/mol. The number of esters is 2. The highest BCUT2D eigenvalue weighted by atomic mass is 16.6. The summed E-state index contributed by atoms with van der Waals surface area (Å²) in [6.45, 7) is 9.85. The van der Waals surface area contributed by atoms with Crippen LogP contribution in [0.5, 0.6) is 0 Å². The molecule has 0 unspecified atom stereocenters. The van der Waals surface area contributed by atoms with E-state index in [2.05, 4.69) is 11.3 Å². The SMILES string of the molecule is C=C(C)C(=O)OCCOCCOCCOCCOCCOCCOCC(=O)OC. The predicted octanol–water partition coefficient (Wildman–Crippen LogP) is 0.378. The van der Waals surface area contributed by atoms with Crippen LogP contribution in [0.15, 0.2) is 12.2 Å². The minimum atomic E-state index is -0.416. The van der Waals surface area contributed by atoms with E-state index >= 15 is 0 Å². The van der Waals surface area contributed by atoms with Crippen LogP contribution >= 0.6 is 0 Å². The Morgan fingerprint density at radius 1 is 0.621 bits per heavy atom. The smallest absolute Gasteiger partial charge is 0.333 e. The number of carbonyl (C=O) groups is 2. The Morgan fingerprint density at radius 2 is 0.966 bits per heavy atom. The molecule has 0 aromatic heterocycles. The molecule has 0 aliphatic carbocycles. The summed E-state index contributed by atoms with van der Waals surface area (Å²) in [6, 6.07) is 0. The molecule has 170 valence electrons. The monoisotopic (exact) mass is 422 g/mol. The molecule has 0 bridgehead atoms. The van der Waals surface area contributed by atoms with Gasteiger partial charge in [0.05, 0.1) is 79.8 Å². The second-order valence-corrected chi connectivity index (χ2v) is 5.61. The maximum Gasteiger partial charge on any atom is 0.333 e. The average molecular weight is 422 g/mol. The molecule has 0 rings (SSSR count). The first-order chi connectivity index (χ1) is 14.1. The summed E-state index contributed by atoms with van der Waals surface area (Å²) in [5.74, 6) is -0.827. The van der Waals surface area contributed by atoms with Crippen LogP contribution in [-0.2, 0) is 47.5 Å². The van der Waals surface area contributed by atoms with Crippen LogP contribution in [0.2, 0.25) is 0 Å². The van der Waals surface area contributed by atoms with Crippen molar-refractivity contribution in [1.29, 1.82) is 0 Å². The first-order valence-electron chi connectivity index (χ1n) is 9.43. The Balaban J connectivity index is 3.09. The van der Waals surface area contributed by atoms with Gasteiger partial charge in [-0.3, -0.25) is 0 Å². The maximum atomic E-state index is 11.1. The second-order valence-electron chi connectivity index (χ2n) is 5.61. The van der Waals surface area contributed by atoms with Crippen LogP contribution in [0.4, 0.5) is 0 Å². The molecule has 0 saturated heterocycles. The topological polar surface area (TPSA) is 108 Å². The number of methoxy groups -OCH3 is 1. The molecule has 10 nitrogen and oxygen atoms in total. The molecule has 0 atom stereocenters. The lowest BCUT2D eigenvalue weighted by Gasteiger charge is -2.08. The molecule has 0 aliphatic heterocycles. The third-order valence-electron chi connectivity index (χ3n) is 3.12. The highest BCUT2D eigenvalue weighted by Crippen LogP contribution is 1.91. The van der Waals surface area contributed by atoms with Crippen molar-refractivity contribution in [1.82, 2.24) is 0 Å². The number of ether oxygens (including phenoxy) is 8. The molecular weight excluding hydrogens is 388 g/mol. The van der Waals surface area contributed by atoms with E-state index in [4.69, 9.17) is 33.2 Å². The van der Waals surface area contributed by atoms with Crippen molar-refractivity contribution in [2.45, 2.75) is 6.92 Å². The molecule has 0 N–H and O–H groups in total. The van der Waals surface area contributed by atoms with E-state index in [1.165, 1.54) is 7.11 Å². The Morgan fingerprint density at radius 3 is 1.31 bits per heavy atom. The molecule has 0 radical (unpaired) electrons. The first-order valence-corrected chi connectivity index (χ1v) is 9.43. The molecule has 0 aromatic carbocycles. The summed E-state index contributed by atoms with van der Waals surface area (Å²) in [5.41, 5.74) is 0.367. The van der Waals surface area contributed by atoms with Gasteiger partial charge in [0.25, 0.3) is 0 Å². The fourth-order valence-electron chi connectivity index (χ4n) is 1.63. The molecular formula is C19H34O10. The van der Waals surface area contributed by atoms with Crippen LogP contribution in [0.25, 0.3) is 0 Å². The summed E-state index contributed by atoms with van der Waals surface area (Å²) in [6.07, 6.45) is 0. The Kier molecular flexibility index (Phi) is 20.0. The maximum absolute atomic E-state index is 11.1. The first kappa shape index (κ1) is 27.4. The average Bonchev–Trinajstić information content (AvgIpc) is 2.71. The van der Waals surface area contributed by atoms with Crippen molar-refractivity contribution >= 4 is 11.9 Å². The lowest BCUT2D eigenvalue weighted by atomic mass is 10.4. The van der Waals surface area contributed by atoms with Crippen molar-refractivity contribution in [3.05, 3.63) is 12.2 Å². The molecule has 0 amide bonds. The normalized spacial score (nSPS) is 10.7. The van der Waals surface area contributed by atoms with E-state index < -0.39 is 11.9 Å². The zero-order valence-electron chi connectivity index (χ0n) is 17.5. The molecule has 0 aromatic rings. The van der Waals surface area contributed by atoms with Gasteiger partial charge in [0, 0.05) is 5.57 Å². The summed E-state index contributed by atoms with van der Waals surface area (Å²) >= 11 is 0. The Hall–Kier alpha value is -1.56. The van der Waals surface area contributed by atoms with E-state index in [1.54, 1.807) is 6.92 Å². The van der Waals surface area contributed by atoms with Crippen molar-refractivity contribution in [2.24, 2.45) is 0 Å². The Bertz CT molecular complexity index is 427. The molecule has 0 heterocycles. The molecule has 0 aliphatic rings. The van der Waals surface area contributed by atoms with E-state index in [-0.39, 0.29) is 13.2 Å². The zero-order valence-corrected chi connectivity index (χ0v) is 17.5. The third-order valence-corrected chi connectivity index (χ3v) is 3.12. The quantitative estimate of drug-likeness (QED) is 0.146. The van der Waals surface area contributed by atoms with E-state index in [9.17, 15) is 9.59 Å². The molecule has 0 saturated carbocycles. The molecule has 10 heteroatoms. The van der Waals surface area contributed by atoms with E-state index in [0.29, 0.717) is 78.2 Å². The van der Waals surface area contributed by atoms with Gasteiger partial charge in [-0.05, 0) is 6.92 Å². The van der Waals surface area contributed by atoms with Gasteiger partial charge in [-0.2, -0.15) is 0 Å². The van der Waals surface area contributed by atoms with Crippen molar-refractivity contribution in [2.75, 3.05) is 93.0 Å². The highest BCUT2D eigenvalue weighted by molar-refractivity contribution is 5.86. The van der Waals surface area contributed by atoms with Crippen LogP contribution in [0.1, 0.15) is 6.92 Å². The van der Waals surface area contributed by atoms with Gasteiger partial charge >= 0.3 is 11.9 Å². The van der Waals surface area contributed by atoms with Crippen LogP contribution in [0, 0.1) is 0 Å². The van der Waals surface area contributed by atoms with Crippen LogP contribution in [-0.4, -0.2) is 105 Å². The van der Waals surface area contributed by atoms with Gasteiger partial charge < -0.3 is 37.9 Å². The minimum absolute atomic E-state index is 0.0720. The number of hydrogen-bond acceptors (Lipinski definition) is 10. The molecule has 0 fully saturated rings. The van der Waals surface area contributed by atoms with Crippen LogP contribution < -0.4 is 0 Å². The van der Waals surface area contributed by atoms with Gasteiger partial charge in [-0.25, -0.2) is 9.59 Å². The summed E-state index contributed by atoms with van der Waals surface area (Å²) in [5, 5.41) is 0. The van der Waals surface area contributed by atoms with Gasteiger partial charge in [0.2, 0.25) is 0 Å². The third kappa shape index (κ3) is 21.0. The van der Waals surface area contributed by atoms with Gasteiger partial charge in [0.15, 0.2) is 0 Å². The fraction of sp³-hybridized carbons (Fsp3) is 0.789. The van der Waals surface area contributed by atoms with E-state index in [0.717, 1.165) is 0 Å². The standard InChI is InChI=1S/C19H34O10/c1-17(2)19(21)29-15-14-27-11-10-25-7-6-23-4-5-24-8-9-26-12-13-28-16-18(20)22-3/h1,4-16H2,2-3H3. The Labute approximate surface area is 172 Å². The fourth-order valence-corrected chi connectivity index (χ4v) is 1.63.